The van der Waals surface area contributed by atoms with Crippen molar-refractivity contribution < 1.29 is 14.4 Å². The minimum atomic E-state index is 0.113. The number of carbonyl (C=O) groups is 1. The third-order valence-corrected chi connectivity index (χ3v) is 5.00. The topological polar surface area (TPSA) is 34.0 Å². The van der Waals surface area contributed by atoms with Crippen LogP contribution in [0.4, 0.5) is 0 Å². The Balaban J connectivity index is 1.88. The SMILES string of the molecule is CC[NH+]1CCN(C(=O)/C(=C/c2ccc(OC)cc2)c2ccccc2)CC1. The molecule has 1 N–H and O–H groups in total. The van der Waals surface area contributed by atoms with Gasteiger partial charge < -0.3 is 14.5 Å². The summed E-state index contributed by atoms with van der Waals surface area (Å²) in [5.74, 6) is 0.926. The predicted molar refractivity (Wildman–Crippen MR) is 105 cm³/mol. The van der Waals surface area contributed by atoms with Gasteiger partial charge in [-0.3, -0.25) is 4.79 Å². The van der Waals surface area contributed by atoms with Crippen LogP contribution in [0.5, 0.6) is 5.75 Å². The van der Waals surface area contributed by atoms with Crippen molar-refractivity contribution in [2.45, 2.75) is 6.92 Å². The fraction of sp³-hybridized carbons (Fsp3) is 0.318. The van der Waals surface area contributed by atoms with Crippen molar-refractivity contribution in [2.24, 2.45) is 0 Å². The standard InChI is InChI=1S/C22H26N2O2/c1-3-23-13-15-24(16-14-23)22(25)21(19-7-5-4-6-8-19)17-18-9-11-20(26-2)12-10-18/h4-12,17H,3,13-16H2,1-2H3/p+1/b21-17+. The van der Waals surface area contributed by atoms with Crippen molar-refractivity contribution in [2.75, 3.05) is 39.8 Å². The molecule has 0 aliphatic carbocycles. The third kappa shape index (κ3) is 4.33. The van der Waals surface area contributed by atoms with E-state index in [-0.39, 0.29) is 5.91 Å². The number of nitrogens with zero attached hydrogens (tertiary/aromatic N) is 1. The second-order valence-corrected chi connectivity index (χ2v) is 6.59. The second kappa shape index (κ2) is 8.68. The van der Waals surface area contributed by atoms with Crippen LogP contribution in [-0.2, 0) is 4.79 Å². The highest BCUT2D eigenvalue weighted by atomic mass is 16.5. The number of piperazine rings is 1. The third-order valence-electron chi connectivity index (χ3n) is 5.00. The van der Waals surface area contributed by atoms with E-state index in [1.165, 1.54) is 0 Å². The number of hydrogen-bond donors (Lipinski definition) is 1. The molecule has 0 spiro atoms. The molecular formula is C22H27N2O2+. The number of hydrogen-bond acceptors (Lipinski definition) is 2. The van der Waals surface area contributed by atoms with E-state index in [9.17, 15) is 4.79 Å². The molecule has 0 saturated carbocycles. The van der Waals surface area contributed by atoms with Gasteiger partial charge in [-0.05, 0) is 36.3 Å². The average molecular weight is 351 g/mol. The molecule has 4 nitrogen and oxygen atoms in total. The van der Waals surface area contributed by atoms with Gasteiger partial charge in [0, 0.05) is 5.57 Å². The first kappa shape index (κ1) is 18.2. The summed E-state index contributed by atoms with van der Waals surface area (Å²) in [6.45, 7) is 6.99. The Labute approximate surface area is 155 Å². The number of likely N-dealkylation sites (N-methyl/N-ethyl adjacent to an activating group) is 1. The molecule has 136 valence electrons. The average Bonchev–Trinajstić information content (AvgIpc) is 2.72. The predicted octanol–water partition coefficient (Wildman–Crippen LogP) is 1.98. The van der Waals surface area contributed by atoms with Gasteiger partial charge in [0.05, 0.1) is 39.8 Å². The van der Waals surface area contributed by atoms with Crippen LogP contribution < -0.4 is 9.64 Å². The number of carbonyl (C=O) groups excluding carboxylic acids is 1. The van der Waals surface area contributed by atoms with E-state index in [1.807, 2.05) is 65.6 Å². The minimum Gasteiger partial charge on any atom is -0.497 e. The summed E-state index contributed by atoms with van der Waals surface area (Å²) >= 11 is 0. The molecule has 0 unspecified atom stereocenters. The smallest absolute Gasteiger partial charge is 0.254 e. The highest BCUT2D eigenvalue weighted by Crippen LogP contribution is 2.22. The molecule has 1 aliphatic heterocycles. The highest BCUT2D eigenvalue weighted by Gasteiger charge is 2.25. The normalized spacial score (nSPS) is 15.8. The van der Waals surface area contributed by atoms with Crippen LogP contribution in [0, 0.1) is 0 Å². The molecule has 0 radical (unpaired) electrons. The van der Waals surface area contributed by atoms with E-state index in [0.29, 0.717) is 0 Å². The molecular weight excluding hydrogens is 324 g/mol. The molecule has 2 aromatic rings. The fourth-order valence-electron chi connectivity index (χ4n) is 3.30. The Morgan fingerprint density at radius 2 is 1.73 bits per heavy atom. The zero-order valence-electron chi connectivity index (χ0n) is 15.6. The Morgan fingerprint density at radius 3 is 2.31 bits per heavy atom. The number of ether oxygens (including phenoxy) is 1. The Bertz CT molecular complexity index is 745. The summed E-state index contributed by atoms with van der Waals surface area (Å²) in [7, 11) is 1.65. The lowest BCUT2D eigenvalue weighted by Gasteiger charge is -2.32. The maximum absolute atomic E-state index is 13.2. The molecule has 0 aromatic heterocycles. The van der Waals surface area contributed by atoms with E-state index < -0.39 is 0 Å². The number of quaternary nitrogens is 1. The van der Waals surface area contributed by atoms with Crippen molar-refractivity contribution >= 4 is 17.6 Å². The molecule has 1 saturated heterocycles. The van der Waals surface area contributed by atoms with Crippen LogP contribution in [0.1, 0.15) is 18.1 Å². The molecule has 1 aliphatic rings. The van der Waals surface area contributed by atoms with Gasteiger partial charge in [-0.2, -0.15) is 0 Å². The van der Waals surface area contributed by atoms with E-state index in [1.54, 1.807) is 12.0 Å². The Hall–Kier alpha value is -2.59. The molecule has 1 heterocycles. The minimum absolute atomic E-state index is 0.113. The molecule has 26 heavy (non-hydrogen) atoms. The summed E-state index contributed by atoms with van der Waals surface area (Å²) in [6, 6.07) is 17.7. The zero-order valence-corrected chi connectivity index (χ0v) is 15.6. The van der Waals surface area contributed by atoms with Crippen molar-refractivity contribution in [3.63, 3.8) is 0 Å². The summed E-state index contributed by atoms with van der Waals surface area (Å²) in [4.78, 5) is 16.8. The summed E-state index contributed by atoms with van der Waals surface area (Å²) in [5.41, 5.74) is 2.70. The lowest BCUT2D eigenvalue weighted by atomic mass is 10.0. The first-order valence-corrected chi connectivity index (χ1v) is 9.25. The highest BCUT2D eigenvalue weighted by molar-refractivity contribution is 6.24. The number of methoxy groups -OCH3 is 1. The molecule has 1 amide bonds. The first-order valence-electron chi connectivity index (χ1n) is 9.25. The summed E-state index contributed by atoms with van der Waals surface area (Å²) < 4.78 is 5.22. The van der Waals surface area contributed by atoms with Gasteiger partial charge in [0.1, 0.15) is 5.75 Å². The van der Waals surface area contributed by atoms with Gasteiger partial charge in [-0.15, -0.1) is 0 Å². The zero-order chi connectivity index (χ0) is 18.4. The monoisotopic (exact) mass is 351 g/mol. The van der Waals surface area contributed by atoms with Crippen LogP contribution in [0.3, 0.4) is 0 Å². The Kier molecular flexibility index (Phi) is 6.08. The van der Waals surface area contributed by atoms with Crippen molar-refractivity contribution in [3.05, 3.63) is 65.7 Å². The quantitative estimate of drug-likeness (QED) is 0.660. The number of amides is 1. The van der Waals surface area contributed by atoms with Gasteiger partial charge in [0.25, 0.3) is 5.91 Å². The molecule has 1 fully saturated rings. The van der Waals surface area contributed by atoms with Crippen LogP contribution in [-0.4, -0.2) is 50.6 Å². The van der Waals surface area contributed by atoms with E-state index in [0.717, 1.165) is 55.2 Å². The number of nitrogens with one attached hydrogen (secondary N) is 1. The maximum Gasteiger partial charge on any atom is 0.254 e. The fourth-order valence-corrected chi connectivity index (χ4v) is 3.30. The van der Waals surface area contributed by atoms with E-state index >= 15 is 0 Å². The Morgan fingerprint density at radius 1 is 1.08 bits per heavy atom. The molecule has 2 aromatic carbocycles. The van der Waals surface area contributed by atoms with Gasteiger partial charge >= 0.3 is 0 Å². The maximum atomic E-state index is 13.2. The number of benzene rings is 2. The van der Waals surface area contributed by atoms with Crippen LogP contribution in [0.2, 0.25) is 0 Å². The summed E-state index contributed by atoms with van der Waals surface area (Å²) in [5, 5.41) is 0. The lowest BCUT2D eigenvalue weighted by molar-refractivity contribution is -0.902. The van der Waals surface area contributed by atoms with Gasteiger partial charge in [0.15, 0.2) is 0 Å². The van der Waals surface area contributed by atoms with Gasteiger partial charge in [-0.1, -0.05) is 42.5 Å². The summed E-state index contributed by atoms with van der Waals surface area (Å²) in [6.07, 6.45) is 1.98. The van der Waals surface area contributed by atoms with E-state index in [2.05, 4.69) is 6.92 Å². The van der Waals surface area contributed by atoms with Crippen LogP contribution >= 0.6 is 0 Å². The van der Waals surface area contributed by atoms with Crippen molar-refractivity contribution in [1.82, 2.24) is 4.90 Å². The molecule has 4 heteroatoms. The van der Waals surface area contributed by atoms with Gasteiger partial charge in [-0.25, -0.2) is 0 Å². The molecule has 0 atom stereocenters. The molecule has 3 rings (SSSR count). The molecule has 0 bridgehead atoms. The second-order valence-electron chi connectivity index (χ2n) is 6.59. The first-order chi connectivity index (χ1) is 12.7. The number of rotatable bonds is 5. The van der Waals surface area contributed by atoms with Gasteiger partial charge in [0.2, 0.25) is 0 Å². The van der Waals surface area contributed by atoms with Crippen molar-refractivity contribution in [1.29, 1.82) is 0 Å². The van der Waals surface area contributed by atoms with E-state index in [4.69, 9.17) is 4.74 Å². The van der Waals surface area contributed by atoms with Crippen molar-refractivity contribution in [3.8, 4) is 5.75 Å². The van der Waals surface area contributed by atoms with Crippen LogP contribution in [0.25, 0.3) is 11.6 Å². The largest absolute Gasteiger partial charge is 0.497 e. The lowest BCUT2D eigenvalue weighted by Crippen LogP contribution is -3.14. The van der Waals surface area contributed by atoms with Crippen LogP contribution in [0.15, 0.2) is 54.6 Å².